The lowest BCUT2D eigenvalue weighted by atomic mass is 9.86. The highest BCUT2D eigenvalue weighted by Gasteiger charge is 2.32. The monoisotopic (exact) mass is 264 g/mol. The van der Waals surface area contributed by atoms with Gasteiger partial charge in [-0.05, 0) is 18.9 Å². The van der Waals surface area contributed by atoms with Crippen molar-refractivity contribution < 1.29 is 5.11 Å². The smallest absolute Gasteiger partial charge is 0.119 e. The van der Waals surface area contributed by atoms with Gasteiger partial charge in [0.25, 0.3) is 0 Å². The number of halogens is 1. The molecule has 0 fully saturated rings. The highest BCUT2D eigenvalue weighted by molar-refractivity contribution is 6.17. The summed E-state index contributed by atoms with van der Waals surface area (Å²) in [6.45, 7) is 2.80. The Morgan fingerprint density at radius 2 is 2.00 bits per heavy atom. The Morgan fingerprint density at radius 3 is 2.56 bits per heavy atom. The van der Waals surface area contributed by atoms with Crippen LogP contribution in [0.5, 0.6) is 0 Å². The second-order valence-corrected chi connectivity index (χ2v) is 4.63. The summed E-state index contributed by atoms with van der Waals surface area (Å²) in [5.74, 6) is 0.392. The molecule has 0 spiro atoms. The number of hydrogen-bond donors (Lipinski definition) is 1. The lowest BCUT2D eigenvalue weighted by Crippen LogP contribution is -2.27. The molecule has 1 aromatic heterocycles. The molecular formula is C14H17ClN2O. The molecule has 1 unspecified atom stereocenters. The molecule has 0 aliphatic rings. The predicted octanol–water partition coefficient (Wildman–Crippen LogP) is 2.77. The first-order chi connectivity index (χ1) is 8.70. The van der Waals surface area contributed by atoms with Crippen LogP contribution in [0, 0.1) is 0 Å². The minimum atomic E-state index is -1.06. The Balaban J connectivity index is 2.43. The largest absolute Gasteiger partial charge is 0.380 e. The summed E-state index contributed by atoms with van der Waals surface area (Å²) in [7, 11) is 0. The van der Waals surface area contributed by atoms with E-state index >= 15 is 0 Å². The van der Waals surface area contributed by atoms with E-state index in [1.165, 1.54) is 0 Å². The molecule has 3 nitrogen and oxygen atoms in total. The maximum atomic E-state index is 10.9. The number of alkyl halides is 1. The van der Waals surface area contributed by atoms with Crippen molar-refractivity contribution >= 4 is 11.6 Å². The topological polar surface area (TPSA) is 38.0 Å². The molecule has 0 saturated heterocycles. The average molecular weight is 265 g/mol. The van der Waals surface area contributed by atoms with Crippen molar-refractivity contribution in [3.05, 3.63) is 53.9 Å². The molecule has 18 heavy (non-hydrogen) atoms. The number of nitrogens with zero attached hydrogens (tertiary/aromatic N) is 2. The van der Waals surface area contributed by atoms with E-state index in [4.69, 9.17) is 11.6 Å². The van der Waals surface area contributed by atoms with Gasteiger partial charge >= 0.3 is 0 Å². The summed E-state index contributed by atoms with van der Waals surface area (Å²) in [5, 5.41) is 15.1. The van der Waals surface area contributed by atoms with Crippen LogP contribution in [0.1, 0.15) is 24.5 Å². The van der Waals surface area contributed by atoms with Crippen LogP contribution in [-0.4, -0.2) is 20.8 Å². The second kappa shape index (κ2) is 5.55. The number of aromatic nitrogens is 2. The Bertz CT molecular complexity index is 498. The highest BCUT2D eigenvalue weighted by atomic mass is 35.5. The molecule has 0 radical (unpaired) electrons. The number of aryl methyl sites for hydroxylation is 1. The molecule has 0 amide bonds. The van der Waals surface area contributed by atoms with Crippen molar-refractivity contribution in [1.82, 2.24) is 9.78 Å². The summed E-state index contributed by atoms with van der Waals surface area (Å²) in [5.41, 5.74) is 0.577. The third-order valence-electron chi connectivity index (χ3n) is 3.14. The van der Waals surface area contributed by atoms with Gasteiger partial charge in [-0.2, -0.15) is 5.10 Å². The predicted molar refractivity (Wildman–Crippen MR) is 72.7 cm³/mol. The van der Waals surface area contributed by atoms with Gasteiger partial charge in [0, 0.05) is 24.2 Å². The molecule has 0 saturated carbocycles. The van der Waals surface area contributed by atoms with Gasteiger partial charge in [0.05, 0.1) is 6.20 Å². The van der Waals surface area contributed by atoms with Gasteiger partial charge in [-0.15, -0.1) is 11.6 Å². The molecular weight excluding hydrogens is 248 g/mol. The van der Waals surface area contributed by atoms with Gasteiger partial charge in [-0.25, -0.2) is 0 Å². The standard InChI is InChI=1S/C14H17ClN2O/c1-2-17-11-13(10-16-17)14(18,8-9-15)12-6-4-3-5-7-12/h3-7,10-11,18H,2,8-9H2,1H3. The van der Waals surface area contributed by atoms with Crippen LogP contribution in [-0.2, 0) is 12.1 Å². The van der Waals surface area contributed by atoms with Gasteiger partial charge in [-0.1, -0.05) is 30.3 Å². The summed E-state index contributed by atoms with van der Waals surface area (Å²) in [4.78, 5) is 0. The van der Waals surface area contributed by atoms with Crippen LogP contribution in [0.2, 0.25) is 0 Å². The van der Waals surface area contributed by atoms with Crippen molar-refractivity contribution in [1.29, 1.82) is 0 Å². The Morgan fingerprint density at radius 1 is 1.28 bits per heavy atom. The summed E-state index contributed by atoms with van der Waals surface area (Å²) >= 11 is 5.84. The molecule has 0 bridgehead atoms. The minimum Gasteiger partial charge on any atom is -0.380 e. The number of hydrogen-bond acceptors (Lipinski definition) is 2. The fourth-order valence-electron chi connectivity index (χ4n) is 2.06. The summed E-state index contributed by atoms with van der Waals surface area (Å²) in [6, 6.07) is 9.59. The van der Waals surface area contributed by atoms with Gasteiger partial charge < -0.3 is 5.11 Å². The highest BCUT2D eigenvalue weighted by Crippen LogP contribution is 2.32. The van der Waals surface area contributed by atoms with E-state index in [1.807, 2.05) is 43.5 Å². The first kappa shape index (κ1) is 13.1. The third kappa shape index (κ3) is 2.42. The quantitative estimate of drug-likeness (QED) is 0.844. The van der Waals surface area contributed by atoms with E-state index in [1.54, 1.807) is 10.9 Å². The molecule has 1 aromatic carbocycles. The Kier molecular flexibility index (Phi) is 4.04. The van der Waals surface area contributed by atoms with Gasteiger partial charge in [0.15, 0.2) is 0 Å². The fraction of sp³-hybridized carbons (Fsp3) is 0.357. The molecule has 1 N–H and O–H groups in total. The molecule has 0 aliphatic carbocycles. The van der Waals surface area contributed by atoms with Crippen molar-refractivity contribution in [2.24, 2.45) is 0 Å². The van der Waals surface area contributed by atoms with E-state index in [-0.39, 0.29) is 0 Å². The zero-order valence-electron chi connectivity index (χ0n) is 10.4. The molecule has 1 heterocycles. The van der Waals surface area contributed by atoms with E-state index in [9.17, 15) is 5.11 Å². The first-order valence-corrected chi connectivity index (χ1v) is 6.61. The maximum Gasteiger partial charge on any atom is 0.119 e. The van der Waals surface area contributed by atoms with Crippen molar-refractivity contribution in [2.75, 3.05) is 5.88 Å². The summed E-state index contributed by atoms with van der Waals surface area (Å²) in [6.07, 6.45) is 4.05. The SMILES string of the molecule is CCn1cc(C(O)(CCCl)c2ccccc2)cn1. The molecule has 2 rings (SSSR count). The zero-order valence-corrected chi connectivity index (χ0v) is 11.1. The van der Waals surface area contributed by atoms with E-state index in [0.717, 1.165) is 17.7 Å². The van der Waals surface area contributed by atoms with Gasteiger partial charge in [0.1, 0.15) is 5.60 Å². The van der Waals surface area contributed by atoms with E-state index < -0.39 is 5.60 Å². The number of benzene rings is 1. The average Bonchev–Trinajstić information content (AvgIpc) is 2.89. The molecule has 2 aromatic rings. The van der Waals surface area contributed by atoms with Gasteiger partial charge in [-0.3, -0.25) is 4.68 Å². The van der Waals surface area contributed by atoms with Crippen LogP contribution in [0.15, 0.2) is 42.7 Å². The van der Waals surface area contributed by atoms with Crippen molar-refractivity contribution in [3.8, 4) is 0 Å². The second-order valence-electron chi connectivity index (χ2n) is 4.25. The van der Waals surface area contributed by atoms with Gasteiger partial charge in [0.2, 0.25) is 0 Å². The molecule has 1 atom stereocenters. The maximum absolute atomic E-state index is 10.9. The van der Waals surface area contributed by atoms with Crippen LogP contribution in [0.3, 0.4) is 0 Å². The fourth-order valence-corrected chi connectivity index (χ4v) is 2.33. The molecule has 4 heteroatoms. The number of rotatable bonds is 5. The lowest BCUT2D eigenvalue weighted by molar-refractivity contribution is 0.0774. The summed E-state index contributed by atoms with van der Waals surface area (Å²) < 4.78 is 1.80. The zero-order chi connectivity index (χ0) is 13.0. The first-order valence-electron chi connectivity index (χ1n) is 6.07. The van der Waals surface area contributed by atoms with Crippen molar-refractivity contribution in [3.63, 3.8) is 0 Å². The van der Waals surface area contributed by atoms with E-state index in [2.05, 4.69) is 5.10 Å². The third-order valence-corrected chi connectivity index (χ3v) is 3.33. The van der Waals surface area contributed by atoms with Crippen LogP contribution in [0.25, 0.3) is 0 Å². The normalized spacial score (nSPS) is 14.4. The van der Waals surface area contributed by atoms with Crippen molar-refractivity contribution in [2.45, 2.75) is 25.5 Å². The minimum absolute atomic E-state index is 0.392. The Labute approximate surface area is 112 Å². The Hall–Kier alpha value is -1.32. The lowest BCUT2D eigenvalue weighted by Gasteiger charge is -2.27. The molecule has 96 valence electrons. The van der Waals surface area contributed by atoms with E-state index in [0.29, 0.717) is 12.3 Å². The van der Waals surface area contributed by atoms with Crippen LogP contribution >= 0.6 is 11.6 Å². The van der Waals surface area contributed by atoms with Crippen LogP contribution < -0.4 is 0 Å². The molecule has 0 aliphatic heterocycles. The number of aliphatic hydroxyl groups is 1. The van der Waals surface area contributed by atoms with Crippen LogP contribution in [0.4, 0.5) is 0 Å².